The minimum Gasteiger partial charge on any atom is -0.425 e. The van der Waals surface area contributed by atoms with Gasteiger partial charge in [0, 0.05) is 26.1 Å². The molecule has 1 fully saturated rings. The lowest BCUT2D eigenvalue weighted by atomic mass is 9.92. The van der Waals surface area contributed by atoms with Crippen LogP contribution in [0.5, 0.6) is 0 Å². The average molecular weight is 294 g/mol. The molecule has 0 aromatic carbocycles. The lowest BCUT2D eigenvalue weighted by Gasteiger charge is -2.31. The van der Waals surface area contributed by atoms with Gasteiger partial charge in [-0.3, -0.25) is 0 Å². The van der Waals surface area contributed by atoms with E-state index in [0.29, 0.717) is 24.9 Å². The van der Waals surface area contributed by atoms with Crippen molar-refractivity contribution in [3.63, 3.8) is 0 Å². The lowest BCUT2D eigenvalue weighted by molar-refractivity contribution is 0.174. The molecule has 118 valence electrons. The molecule has 1 N–H and O–H groups in total. The molecular formula is C15H26N4O2. The Hall–Kier alpha value is -1.59. The van der Waals surface area contributed by atoms with Crippen LogP contribution < -0.4 is 5.32 Å². The van der Waals surface area contributed by atoms with Gasteiger partial charge >= 0.3 is 6.03 Å². The maximum atomic E-state index is 11.9. The molecule has 1 aliphatic heterocycles. The van der Waals surface area contributed by atoms with Crippen LogP contribution in [0.25, 0.3) is 0 Å². The molecule has 2 amide bonds. The third kappa shape index (κ3) is 4.44. The van der Waals surface area contributed by atoms with Crippen LogP contribution in [0, 0.1) is 5.41 Å². The van der Waals surface area contributed by atoms with Crippen molar-refractivity contribution in [1.82, 2.24) is 20.4 Å². The maximum absolute atomic E-state index is 11.9. The number of nitrogens with one attached hydrogen (secondary N) is 1. The SMILES string of the molecule is CCNC(=O)N1CCCC(c2nnc(CC(C)(C)C)o2)C1. The molecule has 1 atom stereocenters. The lowest BCUT2D eigenvalue weighted by Crippen LogP contribution is -2.44. The van der Waals surface area contributed by atoms with E-state index in [9.17, 15) is 4.79 Å². The smallest absolute Gasteiger partial charge is 0.317 e. The molecule has 6 nitrogen and oxygen atoms in total. The first-order valence-electron chi connectivity index (χ1n) is 7.74. The zero-order valence-corrected chi connectivity index (χ0v) is 13.5. The number of carbonyl (C=O) groups excluding carboxylic acids is 1. The second kappa shape index (κ2) is 6.45. The quantitative estimate of drug-likeness (QED) is 0.930. The van der Waals surface area contributed by atoms with Gasteiger partial charge in [0.15, 0.2) is 0 Å². The molecule has 0 aliphatic carbocycles. The number of hydrogen-bond acceptors (Lipinski definition) is 4. The Morgan fingerprint density at radius 3 is 2.86 bits per heavy atom. The van der Waals surface area contributed by atoms with Gasteiger partial charge in [-0.15, -0.1) is 10.2 Å². The van der Waals surface area contributed by atoms with Gasteiger partial charge in [-0.1, -0.05) is 20.8 Å². The van der Waals surface area contributed by atoms with E-state index in [2.05, 4.69) is 36.3 Å². The van der Waals surface area contributed by atoms with E-state index in [1.54, 1.807) is 0 Å². The van der Waals surface area contributed by atoms with Crippen molar-refractivity contribution in [2.45, 2.75) is 52.9 Å². The molecular weight excluding hydrogens is 268 g/mol. The summed E-state index contributed by atoms with van der Waals surface area (Å²) in [6.45, 7) is 10.5. The fourth-order valence-electron chi connectivity index (χ4n) is 2.58. The molecule has 0 spiro atoms. The molecule has 0 bridgehead atoms. The molecule has 1 aliphatic rings. The highest BCUT2D eigenvalue weighted by atomic mass is 16.4. The van der Waals surface area contributed by atoms with Gasteiger partial charge in [0.2, 0.25) is 11.8 Å². The third-order valence-corrected chi connectivity index (χ3v) is 3.55. The Morgan fingerprint density at radius 1 is 1.43 bits per heavy atom. The standard InChI is InChI=1S/C15H26N4O2/c1-5-16-14(20)19-8-6-7-11(10-19)13-18-17-12(21-13)9-15(2,3)4/h11H,5-10H2,1-4H3,(H,16,20). The van der Waals surface area contributed by atoms with Crippen molar-refractivity contribution in [3.05, 3.63) is 11.8 Å². The Bertz CT molecular complexity index is 478. The maximum Gasteiger partial charge on any atom is 0.317 e. The first kappa shape index (κ1) is 15.8. The third-order valence-electron chi connectivity index (χ3n) is 3.55. The molecule has 2 rings (SSSR count). The molecule has 21 heavy (non-hydrogen) atoms. The van der Waals surface area contributed by atoms with E-state index in [-0.39, 0.29) is 17.4 Å². The zero-order chi connectivity index (χ0) is 15.5. The second-order valence-electron chi connectivity index (χ2n) is 6.89. The topological polar surface area (TPSA) is 71.3 Å². The van der Waals surface area contributed by atoms with Gasteiger partial charge in [-0.05, 0) is 25.2 Å². The summed E-state index contributed by atoms with van der Waals surface area (Å²) in [5.74, 6) is 1.51. The summed E-state index contributed by atoms with van der Waals surface area (Å²) < 4.78 is 5.81. The number of aromatic nitrogens is 2. The predicted molar refractivity (Wildman–Crippen MR) is 80.1 cm³/mol. The van der Waals surface area contributed by atoms with E-state index < -0.39 is 0 Å². The minimum absolute atomic E-state index is 0.00312. The van der Waals surface area contributed by atoms with Gasteiger partial charge in [-0.2, -0.15) is 0 Å². The summed E-state index contributed by atoms with van der Waals surface area (Å²) in [5.41, 5.74) is 0.128. The number of amides is 2. The van der Waals surface area contributed by atoms with Gasteiger partial charge in [0.05, 0.1) is 5.92 Å². The van der Waals surface area contributed by atoms with Crippen LogP contribution in [0.4, 0.5) is 4.79 Å². The Balaban J connectivity index is 1.99. The fourth-order valence-corrected chi connectivity index (χ4v) is 2.58. The second-order valence-corrected chi connectivity index (χ2v) is 6.89. The van der Waals surface area contributed by atoms with Gasteiger partial charge in [-0.25, -0.2) is 4.79 Å². The number of carbonyl (C=O) groups is 1. The number of piperidine rings is 1. The van der Waals surface area contributed by atoms with E-state index in [1.165, 1.54) is 0 Å². The molecule has 1 saturated heterocycles. The van der Waals surface area contributed by atoms with Crippen molar-refractivity contribution in [3.8, 4) is 0 Å². The highest BCUT2D eigenvalue weighted by molar-refractivity contribution is 5.74. The summed E-state index contributed by atoms with van der Waals surface area (Å²) >= 11 is 0. The Morgan fingerprint density at radius 2 is 2.19 bits per heavy atom. The van der Waals surface area contributed by atoms with Crippen LogP contribution in [0.1, 0.15) is 58.2 Å². The van der Waals surface area contributed by atoms with Crippen LogP contribution in [0.3, 0.4) is 0 Å². The molecule has 0 radical (unpaired) electrons. The van der Waals surface area contributed by atoms with Gasteiger partial charge < -0.3 is 14.6 Å². The number of likely N-dealkylation sites (tertiary alicyclic amines) is 1. The van der Waals surface area contributed by atoms with Crippen LogP contribution >= 0.6 is 0 Å². The monoisotopic (exact) mass is 294 g/mol. The van der Waals surface area contributed by atoms with Crippen molar-refractivity contribution < 1.29 is 9.21 Å². The molecule has 0 saturated carbocycles. The number of rotatable bonds is 3. The fraction of sp³-hybridized carbons (Fsp3) is 0.800. The molecule has 1 unspecified atom stereocenters. The highest BCUT2D eigenvalue weighted by Crippen LogP contribution is 2.27. The van der Waals surface area contributed by atoms with Crippen LogP contribution in [0.15, 0.2) is 4.42 Å². The van der Waals surface area contributed by atoms with Crippen molar-refractivity contribution in [2.75, 3.05) is 19.6 Å². The normalized spacial score (nSPS) is 19.6. The van der Waals surface area contributed by atoms with Crippen molar-refractivity contribution in [2.24, 2.45) is 5.41 Å². The van der Waals surface area contributed by atoms with Crippen LogP contribution in [0.2, 0.25) is 0 Å². The minimum atomic E-state index is -0.00312. The highest BCUT2D eigenvalue weighted by Gasteiger charge is 2.28. The van der Waals surface area contributed by atoms with E-state index in [1.807, 2.05) is 11.8 Å². The summed E-state index contributed by atoms with van der Waals surface area (Å²) in [6, 6.07) is -0.00312. The number of urea groups is 1. The summed E-state index contributed by atoms with van der Waals surface area (Å²) in [6.07, 6.45) is 2.73. The summed E-state index contributed by atoms with van der Waals surface area (Å²) in [7, 11) is 0. The molecule has 6 heteroatoms. The first-order valence-corrected chi connectivity index (χ1v) is 7.74. The zero-order valence-electron chi connectivity index (χ0n) is 13.5. The van der Waals surface area contributed by atoms with Crippen molar-refractivity contribution >= 4 is 6.03 Å². The van der Waals surface area contributed by atoms with E-state index >= 15 is 0 Å². The largest absolute Gasteiger partial charge is 0.425 e. The summed E-state index contributed by atoms with van der Waals surface area (Å²) in [4.78, 5) is 13.8. The van der Waals surface area contributed by atoms with Gasteiger partial charge in [0.1, 0.15) is 0 Å². The Labute approximate surface area is 126 Å². The molecule has 1 aromatic heterocycles. The van der Waals surface area contributed by atoms with E-state index in [0.717, 1.165) is 25.8 Å². The first-order chi connectivity index (χ1) is 9.89. The number of hydrogen-bond donors (Lipinski definition) is 1. The summed E-state index contributed by atoms with van der Waals surface area (Å²) in [5, 5.41) is 11.2. The van der Waals surface area contributed by atoms with E-state index in [4.69, 9.17) is 4.42 Å². The predicted octanol–water partition coefficient (Wildman–Crippen LogP) is 2.57. The van der Waals surface area contributed by atoms with Crippen LogP contribution in [-0.2, 0) is 6.42 Å². The molecule has 2 heterocycles. The number of nitrogens with zero attached hydrogens (tertiary/aromatic N) is 3. The Kier molecular flexibility index (Phi) is 4.85. The van der Waals surface area contributed by atoms with Crippen molar-refractivity contribution in [1.29, 1.82) is 0 Å². The molecule has 1 aromatic rings. The average Bonchev–Trinajstić information content (AvgIpc) is 2.85. The van der Waals surface area contributed by atoms with Crippen LogP contribution in [-0.4, -0.2) is 40.8 Å². The van der Waals surface area contributed by atoms with Gasteiger partial charge in [0.25, 0.3) is 0 Å².